The molecule has 1 unspecified atom stereocenters. The van der Waals surface area contributed by atoms with Gasteiger partial charge in [0.05, 0.1) is 12.1 Å². The number of nitrogens with zero attached hydrogens (tertiary/aromatic N) is 2. The Bertz CT molecular complexity index is 2030. The van der Waals surface area contributed by atoms with Gasteiger partial charge in [0.1, 0.15) is 5.82 Å². The molecule has 44 heavy (non-hydrogen) atoms. The number of phenolic OH excluding ortho intramolecular Hbond substituents is 2. The fourth-order valence-corrected chi connectivity index (χ4v) is 6.11. The minimum absolute atomic E-state index is 0.0296. The van der Waals surface area contributed by atoms with Crippen LogP contribution in [-0.2, 0) is 11.2 Å². The lowest BCUT2D eigenvalue weighted by Gasteiger charge is -2.31. The number of allylic oxidation sites excluding steroid dienone is 4. The van der Waals surface area contributed by atoms with Crippen LogP contribution >= 0.6 is 11.6 Å². The average Bonchev–Trinajstić information content (AvgIpc) is 3.05. The fraction of sp³-hybridized carbons (Fsp3) is 0.143. The number of hydrogen-bond donors (Lipinski definition) is 2. The second-order valence-electron chi connectivity index (χ2n) is 10.5. The molecule has 0 fully saturated rings. The van der Waals surface area contributed by atoms with Gasteiger partial charge in [0, 0.05) is 46.2 Å². The number of ether oxygens (including phenoxy) is 1. The normalized spacial score (nSPS) is 15.4. The van der Waals surface area contributed by atoms with Crippen molar-refractivity contribution in [2.45, 2.75) is 19.3 Å². The number of aromatic nitrogens is 2. The summed E-state index contributed by atoms with van der Waals surface area (Å²) in [6.07, 6.45) is 11.0. The summed E-state index contributed by atoms with van der Waals surface area (Å²) in [5, 5.41) is 23.4. The van der Waals surface area contributed by atoms with E-state index < -0.39 is 17.7 Å². The maximum atomic E-state index is 13.7. The minimum atomic E-state index is -0.493. The van der Waals surface area contributed by atoms with Crippen molar-refractivity contribution in [1.29, 1.82) is 0 Å². The van der Waals surface area contributed by atoms with Crippen molar-refractivity contribution < 1.29 is 28.9 Å². The van der Waals surface area contributed by atoms with Gasteiger partial charge in [0.15, 0.2) is 23.0 Å². The average molecular weight is 609 g/mol. The van der Waals surface area contributed by atoms with E-state index in [1.807, 2.05) is 18.2 Å². The summed E-state index contributed by atoms with van der Waals surface area (Å²) < 4.78 is 18.2. The largest absolute Gasteiger partial charge is 0.504 e. The molecule has 0 aliphatic heterocycles. The van der Waals surface area contributed by atoms with Gasteiger partial charge in [-0.15, -0.1) is 0 Å². The Hall–Kier alpha value is -5.08. The molecule has 2 aliphatic rings. The molecule has 2 heterocycles. The molecule has 7 rings (SSSR count). The van der Waals surface area contributed by atoms with E-state index in [4.69, 9.17) is 11.6 Å². The lowest BCUT2D eigenvalue weighted by atomic mass is 9.71. The first kappa shape index (κ1) is 29.0. The molecule has 0 amide bonds. The van der Waals surface area contributed by atoms with E-state index in [-0.39, 0.29) is 22.3 Å². The monoisotopic (exact) mass is 608 g/mol. The SMILES string of the molecule is COC(=O)c1nccc2cnccc12.O=C1c2c(ccc3ccc(O)c(O)c23)C2=C(CCC=C2)C1Cc1ccc(F)c(Cl)c1. The van der Waals surface area contributed by atoms with Crippen molar-refractivity contribution >= 4 is 50.5 Å². The Kier molecular flexibility index (Phi) is 7.84. The number of methoxy groups -OCH3 is 1. The maximum Gasteiger partial charge on any atom is 0.357 e. The first-order chi connectivity index (χ1) is 21.3. The molecule has 2 N–H and O–H groups in total. The topological polar surface area (TPSA) is 110 Å². The van der Waals surface area contributed by atoms with Gasteiger partial charge in [-0.3, -0.25) is 9.78 Å². The summed E-state index contributed by atoms with van der Waals surface area (Å²) in [6.45, 7) is 0. The van der Waals surface area contributed by atoms with Gasteiger partial charge in [-0.2, -0.15) is 0 Å². The summed E-state index contributed by atoms with van der Waals surface area (Å²) >= 11 is 5.96. The number of rotatable bonds is 3. The van der Waals surface area contributed by atoms with Crippen molar-refractivity contribution in [3.05, 3.63) is 124 Å². The standard InChI is InChI=1S/C25H18ClFO3.C10H8N2O2/c26-19-12-13(5-9-20(19)27)11-18-16-4-2-1-3-15(16)17-8-6-14-7-10-21(28)25(30)22(14)23(17)24(18)29;1-14-10(13)9-8-3-4-11-6-7(8)2-5-12-9/h1,3,5-10,12,18,28,30H,2,4,11H2;2-6H,1H3. The Morgan fingerprint density at radius 2 is 1.89 bits per heavy atom. The van der Waals surface area contributed by atoms with Crippen molar-refractivity contribution in [3.8, 4) is 11.5 Å². The van der Waals surface area contributed by atoms with Crippen molar-refractivity contribution in [3.63, 3.8) is 0 Å². The highest BCUT2D eigenvalue weighted by molar-refractivity contribution is 6.30. The van der Waals surface area contributed by atoms with Crippen LogP contribution in [0.2, 0.25) is 5.02 Å². The number of aromatic hydroxyl groups is 2. The number of carbonyl (C=O) groups is 2. The zero-order chi connectivity index (χ0) is 31.0. The van der Waals surface area contributed by atoms with Gasteiger partial charge >= 0.3 is 5.97 Å². The summed E-state index contributed by atoms with van der Waals surface area (Å²) in [7, 11) is 1.34. The summed E-state index contributed by atoms with van der Waals surface area (Å²) in [5.74, 6) is -2.01. The van der Waals surface area contributed by atoms with Crippen LogP contribution in [0, 0.1) is 11.7 Å². The second-order valence-corrected chi connectivity index (χ2v) is 10.9. The third-order valence-corrected chi connectivity index (χ3v) is 8.28. The first-order valence-corrected chi connectivity index (χ1v) is 14.3. The summed E-state index contributed by atoms with van der Waals surface area (Å²) in [6, 6.07) is 14.9. The number of hydrogen-bond acceptors (Lipinski definition) is 7. The highest BCUT2D eigenvalue weighted by atomic mass is 35.5. The minimum Gasteiger partial charge on any atom is -0.504 e. The zero-order valence-electron chi connectivity index (χ0n) is 23.6. The molecule has 2 aliphatic carbocycles. The van der Waals surface area contributed by atoms with Crippen molar-refractivity contribution in [2.75, 3.05) is 7.11 Å². The van der Waals surface area contributed by atoms with Gasteiger partial charge in [-0.1, -0.05) is 53.6 Å². The highest BCUT2D eigenvalue weighted by Crippen LogP contribution is 2.46. The van der Waals surface area contributed by atoms with Crippen molar-refractivity contribution in [1.82, 2.24) is 9.97 Å². The number of ketones is 1. The molecule has 220 valence electrons. The van der Waals surface area contributed by atoms with E-state index in [0.717, 1.165) is 45.9 Å². The Morgan fingerprint density at radius 1 is 1.07 bits per heavy atom. The molecule has 2 aromatic heterocycles. The fourth-order valence-electron chi connectivity index (χ4n) is 5.90. The van der Waals surface area contributed by atoms with E-state index in [1.54, 1.807) is 48.9 Å². The quantitative estimate of drug-likeness (QED) is 0.160. The van der Waals surface area contributed by atoms with Gasteiger partial charge in [-0.05, 0) is 71.7 Å². The van der Waals surface area contributed by atoms with Crippen LogP contribution in [0.5, 0.6) is 11.5 Å². The number of benzene rings is 3. The van der Waals surface area contributed by atoms with E-state index >= 15 is 0 Å². The molecule has 5 aromatic rings. The number of phenols is 2. The van der Waals surface area contributed by atoms with E-state index in [1.165, 1.54) is 19.2 Å². The van der Waals surface area contributed by atoms with Crippen LogP contribution in [0.1, 0.15) is 44.8 Å². The first-order valence-electron chi connectivity index (χ1n) is 13.9. The predicted octanol–water partition coefficient (Wildman–Crippen LogP) is 7.62. The van der Waals surface area contributed by atoms with Crippen LogP contribution < -0.4 is 0 Å². The predicted molar refractivity (Wildman–Crippen MR) is 166 cm³/mol. The van der Waals surface area contributed by atoms with E-state index in [0.29, 0.717) is 28.5 Å². The Morgan fingerprint density at radius 3 is 2.68 bits per heavy atom. The molecule has 0 saturated heterocycles. The van der Waals surface area contributed by atoms with Gasteiger partial charge < -0.3 is 14.9 Å². The number of pyridine rings is 2. The number of carbonyl (C=O) groups excluding carboxylic acids is 2. The molecule has 0 bridgehead atoms. The number of fused-ring (bicyclic) bond motifs is 5. The van der Waals surface area contributed by atoms with Gasteiger partial charge in [0.2, 0.25) is 0 Å². The second kappa shape index (κ2) is 11.9. The molecule has 7 nitrogen and oxygen atoms in total. The van der Waals surface area contributed by atoms with Gasteiger partial charge in [0.25, 0.3) is 0 Å². The van der Waals surface area contributed by atoms with Crippen LogP contribution in [0.15, 0.2) is 90.9 Å². The molecule has 1 atom stereocenters. The molecule has 0 saturated carbocycles. The molecular weight excluding hydrogens is 583 g/mol. The number of Topliss-reactive ketones (excluding diaryl/α,β-unsaturated/α-hetero) is 1. The van der Waals surface area contributed by atoms with Crippen LogP contribution in [0.3, 0.4) is 0 Å². The lowest BCUT2D eigenvalue weighted by molar-refractivity contribution is 0.0596. The Labute approximate surface area is 256 Å². The molecule has 0 spiro atoms. The van der Waals surface area contributed by atoms with Crippen LogP contribution in [-0.4, -0.2) is 39.0 Å². The third-order valence-electron chi connectivity index (χ3n) is 7.99. The maximum absolute atomic E-state index is 13.7. The lowest BCUT2D eigenvalue weighted by Crippen LogP contribution is -2.27. The highest BCUT2D eigenvalue weighted by Gasteiger charge is 2.36. The molecule has 9 heteroatoms. The number of halogens is 2. The molecular formula is C35H26ClFN2O5. The van der Waals surface area contributed by atoms with Gasteiger partial charge in [-0.25, -0.2) is 14.2 Å². The summed E-state index contributed by atoms with van der Waals surface area (Å²) in [5.41, 5.74) is 4.33. The Balaban J connectivity index is 0.000000205. The molecule has 3 aromatic carbocycles. The third kappa shape index (κ3) is 5.18. The molecule has 0 radical (unpaired) electrons. The van der Waals surface area contributed by atoms with E-state index in [2.05, 4.69) is 20.8 Å². The summed E-state index contributed by atoms with van der Waals surface area (Å²) in [4.78, 5) is 33.0. The van der Waals surface area contributed by atoms with Crippen molar-refractivity contribution in [2.24, 2.45) is 5.92 Å². The zero-order valence-corrected chi connectivity index (χ0v) is 24.3. The van der Waals surface area contributed by atoms with Crippen LogP contribution in [0.4, 0.5) is 4.39 Å². The number of esters is 1. The smallest absolute Gasteiger partial charge is 0.357 e. The van der Waals surface area contributed by atoms with E-state index in [9.17, 15) is 24.2 Å². The van der Waals surface area contributed by atoms with Crippen LogP contribution in [0.25, 0.3) is 27.1 Å².